The van der Waals surface area contributed by atoms with Crippen molar-refractivity contribution in [2.24, 2.45) is 0 Å². The molecule has 0 spiro atoms. The lowest BCUT2D eigenvalue weighted by Gasteiger charge is -2.18. The van der Waals surface area contributed by atoms with Gasteiger partial charge in [0.05, 0.1) is 27.0 Å². The van der Waals surface area contributed by atoms with Crippen molar-refractivity contribution in [2.45, 2.75) is 0 Å². The van der Waals surface area contributed by atoms with Crippen LogP contribution in [0.4, 0.5) is 11.5 Å². The van der Waals surface area contributed by atoms with E-state index < -0.39 is 0 Å². The molecule has 1 N–H and O–H groups in total. The number of anilines is 2. The van der Waals surface area contributed by atoms with E-state index in [0.29, 0.717) is 33.8 Å². The van der Waals surface area contributed by atoms with Gasteiger partial charge in [0.1, 0.15) is 5.82 Å². The van der Waals surface area contributed by atoms with Gasteiger partial charge in [-0.3, -0.25) is 9.36 Å². The summed E-state index contributed by atoms with van der Waals surface area (Å²) in [5, 5.41) is 3.82. The zero-order valence-corrected chi connectivity index (χ0v) is 15.9. The first-order valence-corrected chi connectivity index (χ1v) is 8.50. The molecule has 0 radical (unpaired) electrons. The average Bonchev–Trinajstić information content (AvgIpc) is 2.67. The van der Waals surface area contributed by atoms with Gasteiger partial charge in [-0.2, -0.15) is 0 Å². The summed E-state index contributed by atoms with van der Waals surface area (Å²) < 4.78 is 17.7. The lowest BCUT2D eigenvalue weighted by molar-refractivity contribution is 0.324. The number of pyridine rings is 1. The standard InChI is InChI=1S/C20H19ClN2O4/c1-25-16-11-15(12-17(26-2)20(16)27-3)23-18(8-5-9-19(23)24)22-14-7-4-6-13(21)10-14/h4-12,22H,1-3H3. The van der Waals surface area contributed by atoms with Crippen molar-refractivity contribution in [3.63, 3.8) is 0 Å². The van der Waals surface area contributed by atoms with Crippen molar-refractivity contribution in [1.29, 1.82) is 0 Å². The Bertz CT molecular complexity index is 992. The molecule has 0 aliphatic carbocycles. The third kappa shape index (κ3) is 3.85. The second-order valence-electron chi connectivity index (χ2n) is 5.60. The third-order valence-electron chi connectivity index (χ3n) is 3.96. The Hall–Kier alpha value is -3.12. The predicted octanol–water partition coefficient (Wildman–Crippen LogP) is 4.26. The number of aromatic nitrogens is 1. The molecule has 3 rings (SSSR count). The summed E-state index contributed by atoms with van der Waals surface area (Å²) in [6.45, 7) is 0. The predicted molar refractivity (Wildman–Crippen MR) is 106 cm³/mol. The summed E-state index contributed by atoms with van der Waals surface area (Å²) >= 11 is 6.06. The van der Waals surface area contributed by atoms with Crippen LogP contribution in [-0.2, 0) is 0 Å². The molecule has 3 aromatic rings. The van der Waals surface area contributed by atoms with Gasteiger partial charge in [-0.25, -0.2) is 0 Å². The largest absolute Gasteiger partial charge is 0.493 e. The molecular weight excluding hydrogens is 368 g/mol. The third-order valence-corrected chi connectivity index (χ3v) is 4.19. The Morgan fingerprint density at radius 3 is 2.15 bits per heavy atom. The maximum atomic E-state index is 12.6. The highest BCUT2D eigenvalue weighted by atomic mass is 35.5. The minimum absolute atomic E-state index is 0.212. The maximum absolute atomic E-state index is 12.6. The van der Waals surface area contributed by atoms with Gasteiger partial charge in [-0.15, -0.1) is 0 Å². The van der Waals surface area contributed by atoms with E-state index >= 15 is 0 Å². The average molecular weight is 387 g/mol. The first-order chi connectivity index (χ1) is 13.1. The highest BCUT2D eigenvalue weighted by molar-refractivity contribution is 6.30. The van der Waals surface area contributed by atoms with Gasteiger partial charge in [0.25, 0.3) is 5.56 Å². The van der Waals surface area contributed by atoms with Gasteiger partial charge in [0.15, 0.2) is 11.5 Å². The normalized spacial score (nSPS) is 10.4. The van der Waals surface area contributed by atoms with Crippen LogP contribution in [0.3, 0.4) is 0 Å². The van der Waals surface area contributed by atoms with Gasteiger partial charge in [0.2, 0.25) is 5.75 Å². The summed E-state index contributed by atoms with van der Waals surface area (Å²) in [5.74, 6) is 1.93. The van der Waals surface area contributed by atoms with Crippen LogP contribution >= 0.6 is 11.6 Å². The molecular formula is C20H19ClN2O4. The molecule has 0 aliphatic rings. The Morgan fingerprint density at radius 1 is 0.889 bits per heavy atom. The summed E-state index contributed by atoms with van der Waals surface area (Å²) in [7, 11) is 4.58. The number of rotatable bonds is 6. The van der Waals surface area contributed by atoms with E-state index in [1.165, 1.54) is 32.0 Å². The molecule has 27 heavy (non-hydrogen) atoms. The Morgan fingerprint density at radius 2 is 1.56 bits per heavy atom. The molecule has 7 heteroatoms. The number of hydrogen-bond acceptors (Lipinski definition) is 5. The zero-order chi connectivity index (χ0) is 19.4. The fourth-order valence-electron chi connectivity index (χ4n) is 2.76. The molecule has 0 fully saturated rings. The van der Waals surface area contributed by atoms with Crippen LogP contribution in [0, 0.1) is 0 Å². The van der Waals surface area contributed by atoms with E-state index in [9.17, 15) is 4.79 Å². The van der Waals surface area contributed by atoms with Gasteiger partial charge in [-0.05, 0) is 24.3 Å². The van der Waals surface area contributed by atoms with Crippen molar-refractivity contribution in [2.75, 3.05) is 26.6 Å². The molecule has 140 valence electrons. The van der Waals surface area contributed by atoms with Gasteiger partial charge < -0.3 is 19.5 Å². The second kappa shape index (κ2) is 8.05. The van der Waals surface area contributed by atoms with Crippen molar-refractivity contribution in [3.05, 3.63) is 70.0 Å². The molecule has 1 aromatic heterocycles. The van der Waals surface area contributed by atoms with E-state index in [4.69, 9.17) is 25.8 Å². The van der Waals surface area contributed by atoms with Gasteiger partial charge >= 0.3 is 0 Å². The summed E-state index contributed by atoms with van der Waals surface area (Å²) in [6.07, 6.45) is 0. The molecule has 0 amide bonds. The number of nitrogens with zero attached hydrogens (tertiary/aromatic N) is 1. The number of nitrogens with one attached hydrogen (secondary N) is 1. The zero-order valence-electron chi connectivity index (χ0n) is 15.2. The molecule has 1 heterocycles. The van der Waals surface area contributed by atoms with Crippen molar-refractivity contribution in [1.82, 2.24) is 4.57 Å². The number of benzene rings is 2. The first kappa shape index (κ1) is 18.7. The maximum Gasteiger partial charge on any atom is 0.256 e. The van der Waals surface area contributed by atoms with E-state index in [1.807, 2.05) is 12.1 Å². The topological polar surface area (TPSA) is 61.7 Å². The van der Waals surface area contributed by atoms with Crippen LogP contribution in [0.5, 0.6) is 17.2 Å². The van der Waals surface area contributed by atoms with Crippen molar-refractivity contribution >= 4 is 23.1 Å². The van der Waals surface area contributed by atoms with Crippen LogP contribution in [0.2, 0.25) is 5.02 Å². The van der Waals surface area contributed by atoms with Crippen LogP contribution in [0.1, 0.15) is 0 Å². The SMILES string of the molecule is COc1cc(-n2c(Nc3cccc(Cl)c3)cccc2=O)cc(OC)c1OC. The number of methoxy groups -OCH3 is 3. The van der Waals surface area contributed by atoms with E-state index in [1.54, 1.807) is 36.4 Å². The molecule has 6 nitrogen and oxygen atoms in total. The van der Waals surface area contributed by atoms with Crippen molar-refractivity contribution in [3.8, 4) is 22.9 Å². The van der Waals surface area contributed by atoms with Gasteiger partial charge in [0, 0.05) is 28.9 Å². The lowest BCUT2D eigenvalue weighted by atomic mass is 10.2. The van der Waals surface area contributed by atoms with Crippen LogP contribution in [0.15, 0.2) is 59.4 Å². The molecule has 0 bridgehead atoms. The Balaban J connectivity index is 2.16. The van der Waals surface area contributed by atoms with Crippen molar-refractivity contribution < 1.29 is 14.2 Å². The Labute approximate surface area is 161 Å². The van der Waals surface area contributed by atoms with Crippen LogP contribution < -0.4 is 25.1 Å². The molecule has 0 unspecified atom stereocenters. The molecule has 0 aliphatic heterocycles. The molecule has 0 saturated heterocycles. The monoisotopic (exact) mass is 386 g/mol. The quantitative estimate of drug-likeness (QED) is 0.685. The summed E-state index contributed by atoms with van der Waals surface area (Å²) in [5.41, 5.74) is 1.12. The first-order valence-electron chi connectivity index (χ1n) is 8.12. The lowest BCUT2D eigenvalue weighted by Crippen LogP contribution is -2.19. The minimum atomic E-state index is -0.212. The summed E-state index contributed by atoms with van der Waals surface area (Å²) in [4.78, 5) is 12.6. The number of halogens is 1. The van der Waals surface area contributed by atoms with E-state index in [0.717, 1.165) is 5.69 Å². The molecule has 2 aromatic carbocycles. The molecule has 0 saturated carbocycles. The number of ether oxygens (including phenoxy) is 3. The van der Waals surface area contributed by atoms with E-state index in [-0.39, 0.29) is 5.56 Å². The smallest absolute Gasteiger partial charge is 0.256 e. The molecule has 0 atom stereocenters. The van der Waals surface area contributed by atoms with Crippen LogP contribution in [-0.4, -0.2) is 25.9 Å². The Kier molecular flexibility index (Phi) is 5.57. The minimum Gasteiger partial charge on any atom is -0.493 e. The highest BCUT2D eigenvalue weighted by Gasteiger charge is 2.16. The highest BCUT2D eigenvalue weighted by Crippen LogP contribution is 2.39. The number of hydrogen-bond donors (Lipinski definition) is 1. The fraction of sp³-hybridized carbons (Fsp3) is 0.150. The van der Waals surface area contributed by atoms with Crippen LogP contribution in [0.25, 0.3) is 5.69 Å². The summed E-state index contributed by atoms with van der Waals surface area (Å²) in [6, 6.07) is 15.6. The van der Waals surface area contributed by atoms with E-state index in [2.05, 4.69) is 5.32 Å². The van der Waals surface area contributed by atoms with Gasteiger partial charge in [-0.1, -0.05) is 23.7 Å². The fourth-order valence-corrected chi connectivity index (χ4v) is 2.95. The second-order valence-corrected chi connectivity index (χ2v) is 6.04.